The topological polar surface area (TPSA) is 54.9 Å². The second-order valence-electron chi connectivity index (χ2n) is 5.01. The quantitative estimate of drug-likeness (QED) is 0.839. The molecule has 0 bridgehead atoms. The smallest absolute Gasteiger partial charge is 0.270 e. The van der Waals surface area contributed by atoms with Crippen LogP contribution in [0.4, 0.5) is 0 Å². The highest BCUT2D eigenvalue weighted by molar-refractivity contribution is 6.28. The van der Waals surface area contributed by atoms with Gasteiger partial charge in [-0.25, -0.2) is 9.97 Å². The molecular formula is C13H18ClN3O. The number of nitrogens with zero attached hydrogens (tertiary/aromatic N) is 2. The molecule has 98 valence electrons. The molecular weight excluding hydrogens is 250 g/mol. The van der Waals surface area contributed by atoms with Crippen molar-refractivity contribution in [2.24, 2.45) is 5.92 Å². The molecule has 2 rings (SSSR count). The molecule has 0 saturated heterocycles. The molecule has 0 aromatic carbocycles. The van der Waals surface area contributed by atoms with E-state index in [2.05, 4.69) is 22.2 Å². The van der Waals surface area contributed by atoms with Crippen molar-refractivity contribution in [1.82, 2.24) is 15.3 Å². The predicted octanol–water partition coefficient (Wildman–Crippen LogP) is 2.75. The van der Waals surface area contributed by atoms with Crippen molar-refractivity contribution < 1.29 is 4.79 Å². The number of nitrogens with one attached hydrogen (secondary N) is 1. The van der Waals surface area contributed by atoms with Crippen LogP contribution in [0.1, 0.15) is 48.8 Å². The molecule has 1 N–H and O–H groups in total. The van der Waals surface area contributed by atoms with Crippen LogP contribution in [0.15, 0.2) is 6.07 Å². The fourth-order valence-corrected chi connectivity index (χ4v) is 2.65. The largest absolute Gasteiger partial charge is 0.348 e. The summed E-state index contributed by atoms with van der Waals surface area (Å²) in [6.45, 7) is 3.98. The van der Waals surface area contributed by atoms with Crippen molar-refractivity contribution in [3.05, 3.63) is 22.7 Å². The average Bonchev–Trinajstić information content (AvgIpc) is 2.31. The number of aryl methyl sites for hydroxylation is 1. The zero-order valence-electron chi connectivity index (χ0n) is 10.7. The summed E-state index contributed by atoms with van der Waals surface area (Å²) < 4.78 is 0. The van der Waals surface area contributed by atoms with Gasteiger partial charge in [-0.1, -0.05) is 19.8 Å². The van der Waals surface area contributed by atoms with Crippen molar-refractivity contribution in [3.8, 4) is 0 Å². The molecule has 1 heterocycles. The maximum atomic E-state index is 12.1. The summed E-state index contributed by atoms with van der Waals surface area (Å²) >= 11 is 5.76. The van der Waals surface area contributed by atoms with Crippen molar-refractivity contribution in [2.75, 3.05) is 0 Å². The van der Waals surface area contributed by atoms with E-state index in [0.717, 1.165) is 6.42 Å². The third kappa shape index (κ3) is 3.19. The lowest BCUT2D eigenvalue weighted by atomic mass is 9.86. The fourth-order valence-electron chi connectivity index (χ4n) is 2.42. The SMILES string of the molecule is Cc1cc(C(=O)NC2CCCCC2C)nc(Cl)n1. The number of hydrogen-bond donors (Lipinski definition) is 1. The molecule has 18 heavy (non-hydrogen) atoms. The monoisotopic (exact) mass is 267 g/mol. The highest BCUT2D eigenvalue weighted by Gasteiger charge is 2.23. The molecule has 1 fully saturated rings. The van der Waals surface area contributed by atoms with Crippen molar-refractivity contribution >= 4 is 17.5 Å². The third-order valence-electron chi connectivity index (χ3n) is 3.49. The van der Waals surface area contributed by atoms with Crippen LogP contribution in [0.2, 0.25) is 5.28 Å². The summed E-state index contributed by atoms with van der Waals surface area (Å²) in [4.78, 5) is 20.0. The highest BCUT2D eigenvalue weighted by atomic mass is 35.5. The van der Waals surface area contributed by atoms with Gasteiger partial charge in [-0.3, -0.25) is 4.79 Å². The Labute approximate surface area is 112 Å². The van der Waals surface area contributed by atoms with E-state index in [0.29, 0.717) is 17.3 Å². The summed E-state index contributed by atoms with van der Waals surface area (Å²) in [5, 5.41) is 3.17. The minimum Gasteiger partial charge on any atom is -0.348 e. The molecule has 1 amide bonds. The second kappa shape index (κ2) is 5.65. The van der Waals surface area contributed by atoms with Crippen LogP contribution in [0, 0.1) is 12.8 Å². The maximum absolute atomic E-state index is 12.1. The standard InChI is InChI=1S/C13H18ClN3O/c1-8-5-3-4-6-10(8)16-12(18)11-7-9(2)15-13(14)17-11/h7-8,10H,3-6H2,1-2H3,(H,16,18). The lowest BCUT2D eigenvalue weighted by molar-refractivity contribution is 0.0905. The van der Waals surface area contributed by atoms with Crippen LogP contribution in [0.3, 0.4) is 0 Å². The number of rotatable bonds is 2. The van der Waals surface area contributed by atoms with Gasteiger partial charge in [-0.05, 0) is 43.4 Å². The maximum Gasteiger partial charge on any atom is 0.270 e. The molecule has 2 atom stereocenters. The highest BCUT2D eigenvalue weighted by Crippen LogP contribution is 2.23. The first-order chi connectivity index (χ1) is 8.56. The van der Waals surface area contributed by atoms with Gasteiger partial charge in [0.25, 0.3) is 5.91 Å². The lowest BCUT2D eigenvalue weighted by Gasteiger charge is -2.29. The second-order valence-corrected chi connectivity index (χ2v) is 5.34. The van der Waals surface area contributed by atoms with Crippen molar-refractivity contribution in [2.45, 2.75) is 45.6 Å². The minimum atomic E-state index is -0.152. The Morgan fingerprint density at radius 1 is 1.39 bits per heavy atom. The average molecular weight is 268 g/mol. The molecule has 0 aliphatic heterocycles. The molecule has 2 unspecified atom stereocenters. The Bertz CT molecular complexity index is 430. The zero-order valence-corrected chi connectivity index (χ0v) is 11.5. The summed E-state index contributed by atoms with van der Waals surface area (Å²) in [6.07, 6.45) is 4.66. The first-order valence-electron chi connectivity index (χ1n) is 6.38. The molecule has 1 aromatic heterocycles. The molecule has 0 radical (unpaired) electrons. The van der Waals surface area contributed by atoms with Gasteiger partial charge in [-0.15, -0.1) is 0 Å². The van der Waals surface area contributed by atoms with E-state index in [9.17, 15) is 4.79 Å². The lowest BCUT2D eigenvalue weighted by Crippen LogP contribution is -2.41. The van der Waals surface area contributed by atoms with Gasteiger partial charge in [-0.2, -0.15) is 0 Å². The fraction of sp³-hybridized carbons (Fsp3) is 0.615. The van der Waals surface area contributed by atoms with Crippen LogP contribution in [0.25, 0.3) is 0 Å². The molecule has 4 nitrogen and oxygen atoms in total. The normalized spacial score (nSPS) is 23.7. The molecule has 0 spiro atoms. The first kappa shape index (κ1) is 13.3. The van der Waals surface area contributed by atoms with E-state index < -0.39 is 0 Å². The van der Waals surface area contributed by atoms with Gasteiger partial charge >= 0.3 is 0 Å². The summed E-state index contributed by atoms with van der Waals surface area (Å²) in [7, 11) is 0. The third-order valence-corrected chi connectivity index (χ3v) is 3.66. The summed E-state index contributed by atoms with van der Waals surface area (Å²) in [5.74, 6) is 0.377. The van der Waals surface area contributed by atoms with Gasteiger partial charge in [0.05, 0.1) is 0 Å². The van der Waals surface area contributed by atoms with Gasteiger partial charge in [0.15, 0.2) is 0 Å². The molecule has 5 heteroatoms. The zero-order chi connectivity index (χ0) is 13.1. The van der Waals surface area contributed by atoms with E-state index >= 15 is 0 Å². The Kier molecular flexibility index (Phi) is 4.17. The van der Waals surface area contributed by atoms with Crippen molar-refractivity contribution in [1.29, 1.82) is 0 Å². The van der Waals surface area contributed by atoms with Crippen LogP contribution in [-0.4, -0.2) is 21.9 Å². The van der Waals surface area contributed by atoms with Crippen LogP contribution < -0.4 is 5.32 Å². The van der Waals surface area contributed by atoms with Gasteiger partial charge in [0, 0.05) is 11.7 Å². The van der Waals surface area contributed by atoms with Crippen LogP contribution in [-0.2, 0) is 0 Å². The van der Waals surface area contributed by atoms with E-state index in [1.807, 2.05) is 0 Å². The molecule has 1 aromatic rings. The minimum absolute atomic E-state index is 0.122. The Morgan fingerprint density at radius 3 is 2.78 bits per heavy atom. The Balaban J connectivity index is 2.06. The Morgan fingerprint density at radius 2 is 2.11 bits per heavy atom. The van der Waals surface area contributed by atoms with E-state index in [1.54, 1.807) is 13.0 Å². The van der Waals surface area contributed by atoms with E-state index in [-0.39, 0.29) is 17.2 Å². The van der Waals surface area contributed by atoms with E-state index in [4.69, 9.17) is 11.6 Å². The van der Waals surface area contributed by atoms with Gasteiger partial charge in [0.1, 0.15) is 5.69 Å². The summed E-state index contributed by atoms with van der Waals surface area (Å²) in [5.41, 5.74) is 1.06. The van der Waals surface area contributed by atoms with Crippen LogP contribution in [0.5, 0.6) is 0 Å². The first-order valence-corrected chi connectivity index (χ1v) is 6.76. The van der Waals surface area contributed by atoms with Crippen molar-refractivity contribution in [3.63, 3.8) is 0 Å². The number of hydrogen-bond acceptors (Lipinski definition) is 3. The molecule has 1 aliphatic rings. The molecule has 1 aliphatic carbocycles. The van der Waals surface area contributed by atoms with Gasteiger partial charge < -0.3 is 5.32 Å². The number of carbonyl (C=O) groups excluding carboxylic acids is 1. The van der Waals surface area contributed by atoms with Gasteiger partial charge in [0.2, 0.25) is 5.28 Å². The summed E-state index contributed by atoms with van der Waals surface area (Å²) in [6, 6.07) is 1.91. The Hall–Kier alpha value is -1.16. The predicted molar refractivity (Wildman–Crippen MR) is 70.7 cm³/mol. The number of carbonyl (C=O) groups is 1. The number of amides is 1. The van der Waals surface area contributed by atoms with Crippen LogP contribution >= 0.6 is 11.6 Å². The number of halogens is 1. The molecule has 1 saturated carbocycles. The number of aromatic nitrogens is 2. The van der Waals surface area contributed by atoms with E-state index in [1.165, 1.54) is 19.3 Å².